The van der Waals surface area contributed by atoms with Gasteiger partial charge in [0.05, 0.1) is 17.9 Å². The van der Waals surface area contributed by atoms with Gasteiger partial charge in [-0.2, -0.15) is 0 Å². The van der Waals surface area contributed by atoms with Crippen LogP contribution in [0.15, 0.2) is 60.0 Å². The zero-order chi connectivity index (χ0) is 17.8. The van der Waals surface area contributed by atoms with Crippen molar-refractivity contribution in [3.63, 3.8) is 0 Å². The summed E-state index contributed by atoms with van der Waals surface area (Å²) in [5.41, 5.74) is 4.09. The molecule has 0 atom stereocenters. The van der Waals surface area contributed by atoms with Gasteiger partial charge in [-0.05, 0) is 31.2 Å². The molecule has 0 N–H and O–H groups in total. The van der Waals surface area contributed by atoms with Gasteiger partial charge in [0.2, 0.25) is 5.91 Å². The number of hydrogen-bond donors (Lipinski definition) is 0. The fourth-order valence-electron chi connectivity index (χ4n) is 2.61. The molecular formula is C20H21N3OS. The van der Waals surface area contributed by atoms with Gasteiger partial charge < -0.3 is 4.90 Å². The maximum Gasteiger partial charge on any atom is 0.230 e. The highest BCUT2D eigenvalue weighted by Crippen LogP contribution is 2.29. The lowest BCUT2D eigenvalue weighted by Crippen LogP contribution is -2.23. The van der Waals surface area contributed by atoms with E-state index in [4.69, 9.17) is 0 Å². The van der Waals surface area contributed by atoms with Crippen molar-refractivity contribution < 1.29 is 4.79 Å². The molecule has 2 aromatic carbocycles. The Morgan fingerprint density at radius 1 is 1.04 bits per heavy atom. The van der Waals surface area contributed by atoms with Gasteiger partial charge in [0.15, 0.2) is 5.13 Å². The molecule has 0 aliphatic carbocycles. The number of carbonyl (C=O) groups is 1. The molecule has 1 aromatic heterocycles. The number of anilines is 3. The molecule has 0 aliphatic heterocycles. The molecule has 0 saturated heterocycles. The largest absolute Gasteiger partial charge is 0.369 e. The minimum Gasteiger partial charge on any atom is -0.369 e. The third kappa shape index (κ3) is 4.06. The van der Waals surface area contributed by atoms with E-state index < -0.39 is 0 Å². The van der Waals surface area contributed by atoms with Crippen molar-refractivity contribution in [1.29, 1.82) is 0 Å². The SMILES string of the molecule is CC(=O)N(c1ccc(C)cc1)c1nc(CN(C)c2ccccc2)cs1. The van der Waals surface area contributed by atoms with Gasteiger partial charge in [-0.15, -0.1) is 11.3 Å². The smallest absolute Gasteiger partial charge is 0.230 e. The van der Waals surface area contributed by atoms with Gasteiger partial charge in [-0.1, -0.05) is 35.9 Å². The Bertz CT molecular complexity index is 843. The summed E-state index contributed by atoms with van der Waals surface area (Å²) in [4.78, 5) is 20.6. The zero-order valence-electron chi connectivity index (χ0n) is 14.6. The Morgan fingerprint density at radius 2 is 1.72 bits per heavy atom. The predicted molar refractivity (Wildman–Crippen MR) is 105 cm³/mol. The minimum atomic E-state index is -0.0406. The van der Waals surface area contributed by atoms with Crippen molar-refractivity contribution in [2.75, 3.05) is 16.8 Å². The lowest BCUT2D eigenvalue weighted by atomic mass is 10.2. The van der Waals surface area contributed by atoms with Crippen LogP contribution in [0.25, 0.3) is 0 Å². The second kappa shape index (κ2) is 7.49. The van der Waals surface area contributed by atoms with E-state index in [0.717, 1.165) is 22.6 Å². The zero-order valence-corrected chi connectivity index (χ0v) is 15.5. The van der Waals surface area contributed by atoms with Crippen LogP contribution in [0.2, 0.25) is 0 Å². The number of aromatic nitrogens is 1. The van der Waals surface area contributed by atoms with E-state index in [2.05, 4.69) is 22.0 Å². The molecule has 4 nitrogen and oxygen atoms in total. The van der Waals surface area contributed by atoms with Crippen LogP contribution in [-0.4, -0.2) is 17.9 Å². The minimum absolute atomic E-state index is 0.0406. The second-order valence-corrected chi connectivity index (χ2v) is 6.84. The topological polar surface area (TPSA) is 36.4 Å². The summed E-state index contributed by atoms with van der Waals surface area (Å²) in [6.45, 7) is 4.29. The number of amides is 1. The number of carbonyl (C=O) groups excluding carboxylic acids is 1. The quantitative estimate of drug-likeness (QED) is 0.664. The predicted octanol–water partition coefficient (Wildman–Crippen LogP) is 4.77. The number of benzene rings is 2. The first-order chi connectivity index (χ1) is 12.0. The lowest BCUT2D eigenvalue weighted by Gasteiger charge is -2.19. The Labute approximate surface area is 152 Å². The third-order valence-electron chi connectivity index (χ3n) is 3.93. The second-order valence-electron chi connectivity index (χ2n) is 6.00. The van der Waals surface area contributed by atoms with E-state index in [0.29, 0.717) is 11.7 Å². The fraction of sp³-hybridized carbons (Fsp3) is 0.200. The average molecular weight is 351 g/mol. The molecule has 1 heterocycles. The fourth-order valence-corrected chi connectivity index (χ4v) is 3.49. The first-order valence-corrected chi connectivity index (χ1v) is 9.00. The highest BCUT2D eigenvalue weighted by molar-refractivity contribution is 7.14. The Hall–Kier alpha value is -2.66. The van der Waals surface area contributed by atoms with Gasteiger partial charge in [-0.3, -0.25) is 9.69 Å². The van der Waals surface area contributed by atoms with Crippen LogP contribution in [0.5, 0.6) is 0 Å². The summed E-state index contributed by atoms with van der Waals surface area (Å²) in [6, 6.07) is 18.1. The van der Waals surface area contributed by atoms with Crippen LogP contribution >= 0.6 is 11.3 Å². The van der Waals surface area contributed by atoms with Gasteiger partial charge in [0, 0.05) is 25.0 Å². The Balaban J connectivity index is 1.81. The number of nitrogens with zero attached hydrogens (tertiary/aromatic N) is 3. The summed E-state index contributed by atoms with van der Waals surface area (Å²) < 4.78 is 0. The third-order valence-corrected chi connectivity index (χ3v) is 4.81. The average Bonchev–Trinajstić information content (AvgIpc) is 3.05. The van der Waals surface area contributed by atoms with E-state index in [1.165, 1.54) is 11.3 Å². The van der Waals surface area contributed by atoms with Crippen molar-refractivity contribution in [2.45, 2.75) is 20.4 Å². The van der Waals surface area contributed by atoms with Crippen LogP contribution in [0.1, 0.15) is 18.2 Å². The van der Waals surface area contributed by atoms with E-state index in [-0.39, 0.29) is 5.91 Å². The molecule has 0 unspecified atom stereocenters. The summed E-state index contributed by atoms with van der Waals surface area (Å²) >= 11 is 1.49. The molecule has 0 fully saturated rings. The number of aryl methyl sites for hydroxylation is 1. The van der Waals surface area contributed by atoms with E-state index in [1.807, 2.05) is 61.8 Å². The summed E-state index contributed by atoms with van der Waals surface area (Å²) in [7, 11) is 2.04. The molecule has 3 aromatic rings. The van der Waals surface area contributed by atoms with Crippen LogP contribution in [0.3, 0.4) is 0 Å². The molecule has 0 radical (unpaired) electrons. The molecule has 0 spiro atoms. The summed E-state index contributed by atoms with van der Waals surface area (Å²) in [5.74, 6) is -0.0406. The van der Waals surface area contributed by atoms with Crippen LogP contribution in [0.4, 0.5) is 16.5 Å². The standard InChI is InChI=1S/C20H21N3OS/c1-15-9-11-19(12-10-15)23(16(2)24)20-21-17(14-25-20)13-22(3)18-7-5-4-6-8-18/h4-12,14H,13H2,1-3H3. The summed E-state index contributed by atoms with van der Waals surface area (Å²) in [6.07, 6.45) is 0. The van der Waals surface area contributed by atoms with E-state index >= 15 is 0 Å². The molecule has 128 valence electrons. The first-order valence-electron chi connectivity index (χ1n) is 8.12. The molecule has 25 heavy (non-hydrogen) atoms. The monoisotopic (exact) mass is 351 g/mol. The summed E-state index contributed by atoms with van der Waals surface area (Å²) in [5, 5.41) is 2.71. The molecule has 5 heteroatoms. The van der Waals surface area contributed by atoms with Crippen LogP contribution in [0, 0.1) is 6.92 Å². The first kappa shape index (κ1) is 17.2. The number of thiazole rings is 1. The maximum absolute atomic E-state index is 12.2. The maximum atomic E-state index is 12.2. The highest BCUT2D eigenvalue weighted by Gasteiger charge is 2.18. The van der Waals surface area contributed by atoms with Crippen molar-refractivity contribution in [2.24, 2.45) is 0 Å². The molecule has 0 bridgehead atoms. The Morgan fingerprint density at radius 3 is 2.36 bits per heavy atom. The number of hydrogen-bond acceptors (Lipinski definition) is 4. The van der Waals surface area contributed by atoms with Gasteiger partial charge in [0.1, 0.15) is 0 Å². The van der Waals surface area contributed by atoms with Crippen LogP contribution < -0.4 is 9.80 Å². The van der Waals surface area contributed by atoms with Crippen molar-refractivity contribution in [3.05, 3.63) is 71.2 Å². The number of para-hydroxylation sites is 1. The van der Waals surface area contributed by atoms with Gasteiger partial charge in [-0.25, -0.2) is 4.98 Å². The number of rotatable bonds is 5. The van der Waals surface area contributed by atoms with Gasteiger partial charge >= 0.3 is 0 Å². The lowest BCUT2D eigenvalue weighted by molar-refractivity contribution is -0.115. The van der Waals surface area contributed by atoms with Crippen molar-refractivity contribution >= 4 is 33.8 Å². The van der Waals surface area contributed by atoms with E-state index in [1.54, 1.807) is 11.8 Å². The van der Waals surface area contributed by atoms with Gasteiger partial charge in [0.25, 0.3) is 0 Å². The van der Waals surface area contributed by atoms with Crippen LogP contribution in [-0.2, 0) is 11.3 Å². The normalized spacial score (nSPS) is 10.5. The molecule has 0 saturated carbocycles. The highest BCUT2D eigenvalue weighted by atomic mass is 32.1. The molecule has 1 amide bonds. The Kier molecular flexibility index (Phi) is 5.14. The molecule has 0 aliphatic rings. The molecule has 3 rings (SSSR count). The molecular weight excluding hydrogens is 330 g/mol. The van der Waals surface area contributed by atoms with Crippen molar-refractivity contribution in [3.8, 4) is 0 Å². The van der Waals surface area contributed by atoms with Crippen molar-refractivity contribution in [1.82, 2.24) is 4.98 Å². The van der Waals surface area contributed by atoms with E-state index in [9.17, 15) is 4.79 Å².